The molecule has 0 bridgehead atoms. The molecule has 2 atom stereocenters. The lowest BCUT2D eigenvalue weighted by Gasteiger charge is -2.27. The number of imidazole rings is 1. The van der Waals surface area contributed by atoms with Gasteiger partial charge < -0.3 is 9.88 Å². The first kappa shape index (κ1) is 15.8. The quantitative estimate of drug-likeness (QED) is 0.839. The highest BCUT2D eigenvalue weighted by atomic mass is 32.2. The monoisotopic (exact) mass is 341 g/mol. The van der Waals surface area contributed by atoms with Crippen LogP contribution < -0.4 is 5.32 Å². The molecule has 2 aliphatic rings. The zero-order valence-corrected chi connectivity index (χ0v) is 14.8. The van der Waals surface area contributed by atoms with Crippen LogP contribution in [0.3, 0.4) is 0 Å². The summed E-state index contributed by atoms with van der Waals surface area (Å²) in [7, 11) is 0. The van der Waals surface area contributed by atoms with Crippen LogP contribution in [0.1, 0.15) is 55.8 Å². The summed E-state index contributed by atoms with van der Waals surface area (Å²) < 4.78 is 2.21. The predicted octanol–water partition coefficient (Wildman–Crippen LogP) is 3.89. The standard InChI is InChI=1S/C19H23N3OS/c1-13(24-19-20-11-12-22(19)15-9-10-15)18(23)21-17-8-4-6-14-5-2-3-7-16(14)17/h2-3,5,7,11-13,15,17H,4,6,8-10H2,1H3,(H,21,23). The molecule has 0 saturated heterocycles. The molecule has 126 valence electrons. The molecule has 0 radical (unpaired) electrons. The Morgan fingerprint density at radius 3 is 3.00 bits per heavy atom. The molecule has 1 amide bonds. The van der Waals surface area contributed by atoms with Gasteiger partial charge in [-0.2, -0.15) is 0 Å². The zero-order chi connectivity index (χ0) is 16.5. The topological polar surface area (TPSA) is 46.9 Å². The summed E-state index contributed by atoms with van der Waals surface area (Å²) in [5, 5.41) is 4.08. The van der Waals surface area contributed by atoms with Crippen molar-refractivity contribution in [2.45, 2.75) is 61.5 Å². The van der Waals surface area contributed by atoms with Crippen molar-refractivity contribution in [2.24, 2.45) is 0 Å². The largest absolute Gasteiger partial charge is 0.348 e. The molecule has 2 aromatic rings. The maximum Gasteiger partial charge on any atom is 0.233 e. The lowest BCUT2D eigenvalue weighted by Crippen LogP contribution is -2.36. The molecule has 2 unspecified atom stereocenters. The smallest absolute Gasteiger partial charge is 0.233 e. The zero-order valence-electron chi connectivity index (χ0n) is 13.9. The number of amides is 1. The van der Waals surface area contributed by atoms with Gasteiger partial charge in [-0.25, -0.2) is 4.98 Å². The summed E-state index contributed by atoms with van der Waals surface area (Å²) in [5.41, 5.74) is 2.66. The SMILES string of the molecule is CC(Sc1nccn1C1CC1)C(=O)NC1CCCc2ccccc21. The van der Waals surface area contributed by atoms with Gasteiger partial charge in [0.25, 0.3) is 0 Å². The first-order valence-electron chi connectivity index (χ1n) is 8.80. The van der Waals surface area contributed by atoms with Crippen LogP contribution in [0, 0.1) is 0 Å². The fourth-order valence-corrected chi connectivity index (χ4v) is 4.37. The van der Waals surface area contributed by atoms with Gasteiger partial charge in [-0.15, -0.1) is 0 Å². The number of aryl methyl sites for hydroxylation is 1. The number of hydrogen-bond acceptors (Lipinski definition) is 3. The van der Waals surface area contributed by atoms with Gasteiger partial charge in [-0.3, -0.25) is 4.79 Å². The lowest BCUT2D eigenvalue weighted by molar-refractivity contribution is -0.121. The Morgan fingerprint density at radius 2 is 2.17 bits per heavy atom. The van der Waals surface area contributed by atoms with Crippen molar-refractivity contribution < 1.29 is 4.79 Å². The van der Waals surface area contributed by atoms with E-state index in [1.54, 1.807) is 11.8 Å². The van der Waals surface area contributed by atoms with Crippen molar-refractivity contribution in [3.05, 3.63) is 47.8 Å². The first-order valence-corrected chi connectivity index (χ1v) is 9.68. The van der Waals surface area contributed by atoms with E-state index in [1.807, 2.05) is 19.3 Å². The molecule has 24 heavy (non-hydrogen) atoms. The molecule has 1 aromatic heterocycles. The molecule has 4 rings (SSSR count). The van der Waals surface area contributed by atoms with Crippen molar-refractivity contribution in [3.8, 4) is 0 Å². The van der Waals surface area contributed by atoms with E-state index in [1.165, 1.54) is 24.0 Å². The molecule has 2 aliphatic carbocycles. The fourth-order valence-electron chi connectivity index (χ4n) is 3.43. The van der Waals surface area contributed by atoms with E-state index in [0.29, 0.717) is 6.04 Å². The summed E-state index contributed by atoms with van der Waals surface area (Å²) in [6, 6.07) is 9.21. The molecule has 1 N–H and O–H groups in total. The van der Waals surface area contributed by atoms with E-state index < -0.39 is 0 Å². The molecule has 1 aromatic carbocycles. The number of fused-ring (bicyclic) bond motifs is 1. The molecular formula is C19H23N3OS. The highest BCUT2D eigenvalue weighted by molar-refractivity contribution is 8.00. The van der Waals surface area contributed by atoms with E-state index >= 15 is 0 Å². The van der Waals surface area contributed by atoms with E-state index in [9.17, 15) is 4.79 Å². The van der Waals surface area contributed by atoms with Gasteiger partial charge in [0.2, 0.25) is 5.91 Å². The molecular weight excluding hydrogens is 318 g/mol. The number of carbonyl (C=O) groups is 1. The second-order valence-electron chi connectivity index (χ2n) is 6.76. The highest BCUT2D eigenvalue weighted by Crippen LogP contribution is 2.38. The van der Waals surface area contributed by atoms with Crippen LogP contribution in [-0.4, -0.2) is 20.7 Å². The normalized spacial score (nSPS) is 21.1. The third kappa shape index (κ3) is 3.22. The summed E-state index contributed by atoms with van der Waals surface area (Å²) in [4.78, 5) is 17.1. The molecule has 4 nitrogen and oxygen atoms in total. The highest BCUT2D eigenvalue weighted by Gasteiger charge is 2.28. The molecule has 0 spiro atoms. The Labute approximate surface area is 147 Å². The number of hydrogen-bond donors (Lipinski definition) is 1. The maximum atomic E-state index is 12.7. The van der Waals surface area contributed by atoms with Crippen molar-refractivity contribution in [2.75, 3.05) is 0 Å². The van der Waals surface area contributed by atoms with Crippen molar-refractivity contribution in [1.29, 1.82) is 0 Å². The minimum atomic E-state index is -0.140. The molecule has 5 heteroatoms. The second-order valence-corrected chi connectivity index (χ2v) is 8.07. The minimum absolute atomic E-state index is 0.104. The van der Waals surface area contributed by atoms with E-state index in [4.69, 9.17) is 0 Å². The Morgan fingerprint density at radius 1 is 1.33 bits per heavy atom. The third-order valence-electron chi connectivity index (χ3n) is 4.91. The number of aromatic nitrogens is 2. The Kier molecular flexibility index (Phi) is 4.35. The fraction of sp³-hybridized carbons (Fsp3) is 0.474. The first-order chi connectivity index (χ1) is 11.7. The van der Waals surface area contributed by atoms with E-state index in [0.717, 1.165) is 24.4 Å². The van der Waals surface area contributed by atoms with Gasteiger partial charge >= 0.3 is 0 Å². The number of thioether (sulfide) groups is 1. The van der Waals surface area contributed by atoms with Crippen LogP contribution in [0.2, 0.25) is 0 Å². The average molecular weight is 341 g/mol. The third-order valence-corrected chi connectivity index (χ3v) is 6.01. The Balaban J connectivity index is 1.42. The van der Waals surface area contributed by atoms with Crippen LogP contribution in [0.25, 0.3) is 0 Å². The van der Waals surface area contributed by atoms with Gasteiger partial charge in [0, 0.05) is 18.4 Å². The van der Waals surface area contributed by atoms with Crippen molar-refractivity contribution in [1.82, 2.24) is 14.9 Å². The summed E-state index contributed by atoms with van der Waals surface area (Å²) in [6.45, 7) is 1.97. The molecule has 1 saturated carbocycles. The van der Waals surface area contributed by atoms with Crippen LogP contribution in [0.4, 0.5) is 0 Å². The minimum Gasteiger partial charge on any atom is -0.348 e. The van der Waals surface area contributed by atoms with Gasteiger partial charge in [-0.05, 0) is 50.2 Å². The predicted molar refractivity (Wildman–Crippen MR) is 96.1 cm³/mol. The van der Waals surface area contributed by atoms with Gasteiger partial charge in [0.15, 0.2) is 5.16 Å². The lowest BCUT2D eigenvalue weighted by atomic mass is 9.88. The van der Waals surface area contributed by atoms with Gasteiger partial charge in [0.1, 0.15) is 0 Å². The van der Waals surface area contributed by atoms with Crippen LogP contribution in [0.15, 0.2) is 41.8 Å². The molecule has 0 aliphatic heterocycles. The number of carbonyl (C=O) groups excluding carboxylic acids is 1. The number of rotatable bonds is 5. The van der Waals surface area contributed by atoms with E-state index in [2.05, 4.69) is 39.1 Å². The van der Waals surface area contributed by atoms with Crippen LogP contribution in [0.5, 0.6) is 0 Å². The van der Waals surface area contributed by atoms with Crippen LogP contribution >= 0.6 is 11.8 Å². The molecule has 1 heterocycles. The summed E-state index contributed by atoms with van der Waals surface area (Å²) >= 11 is 1.56. The Hall–Kier alpha value is -1.75. The second kappa shape index (κ2) is 6.63. The maximum absolute atomic E-state index is 12.7. The molecule has 1 fully saturated rings. The number of nitrogens with zero attached hydrogens (tertiary/aromatic N) is 2. The average Bonchev–Trinajstić information content (AvgIpc) is 3.34. The van der Waals surface area contributed by atoms with Gasteiger partial charge in [-0.1, -0.05) is 36.0 Å². The van der Waals surface area contributed by atoms with Crippen molar-refractivity contribution in [3.63, 3.8) is 0 Å². The summed E-state index contributed by atoms with van der Waals surface area (Å²) in [5.74, 6) is 0.104. The van der Waals surface area contributed by atoms with Gasteiger partial charge in [0.05, 0.1) is 11.3 Å². The van der Waals surface area contributed by atoms with E-state index in [-0.39, 0.29) is 17.2 Å². The van der Waals surface area contributed by atoms with Crippen molar-refractivity contribution >= 4 is 17.7 Å². The van der Waals surface area contributed by atoms with Crippen LogP contribution in [-0.2, 0) is 11.2 Å². The Bertz CT molecular complexity index is 738. The number of benzene rings is 1. The summed E-state index contributed by atoms with van der Waals surface area (Å²) in [6.07, 6.45) is 9.59. The number of nitrogens with one attached hydrogen (secondary N) is 1.